The Bertz CT molecular complexity index is 424. The number of ether oxygens (including phenoxy) is 1. The first-order valence-electron chi connectivity index (χ1n) is 5.02. The number of rotatable bonds is 3. The number of hydrogen-bond acceptors (Lipinski definition) is 5. The molecule has 0 saturated heterocycles. The van der Waals surface area contributed by atoms with Gasteiger partial charge in [-0.1, -0.05) is 0 Å². The molecule has 0 aromatic carbocycles. The molecule has 0 atom stereocenters. The van der Waals surface area contributed by atoms with Gasteiger partial charge >= 0.3 is 5.97 Å². The van der Waals surface area contributed by atoms with E-state index < -0.39 is 5.91 Å². The number of carbonyl (C=O) groups excluding carboxylic acids is 2. The van der Waals surface area contributed by atoms with Gasteiger partial charge in [-0.15, -0.1) is 0 Å². The highest BCUT2D eigenvalue weighted by atomic mass is 79.9. The first kappa shape index (κ1) is 16.5. The zero-order valence-corrected chi connectivity index (χ0v) is 11.7. The van der Waals surface area contributed by atoms with Crippen molar-refractivity contribution in [3.05, 3.63) is 28.0 Å². The van der Waals surface area contributed by atoms with Crippen molar-refractivity contribution >= 4 is 27.8 Å². The van der Waals surface area contributed by atoms with E-state index in [0.29, 0.717) is 5.69 Å². The zero-order valence-electron chi connectivity index (χ0n) is 10.1. The number of pyridine rings is 1. The molecule has 1 rings (SSSR count). The monoisotopic (exact) mass is 318 g/mol. The van der Waals surface area contributed by atoms with Crippen LogP contribution in [0.1, 0.15) is 22.5 Å². The van der Waals surface area contributed by atoms with Crippen molar-refractivity contribution in [2.24, 2.45) is 5.73 Å². The van der Waals surface area contributed by atoms with Crippen LogP contribution in [0.5, 0.6) is 0 Å². The van der Waals surface area contributed by atoms with Crippen LogP contribution in [-0.4, -0.2) is 35.7 Å². The van der Waals surface area contributed by atoms with E-state index in [-0.39, 0.29) is 19.0 Å². The fraction of sp³-hybridized carbons (Fsp3) is 0.364. The summed E-state index contributed by atoms with van der Waals surface area (Å²) in [4.78, 5) is 24.5. The van der Waals surface area contributed by atoms with Crippen molar-refractivity contribution < 1.29 is 19.4 Å². The lowest BCUT2D eigenvalue weighted by molar-refractivity contribution is -0.141. The highest BCUT2D eigenvalue weighted by Gasteiger charge is 2.02. The van der Waals surface area contributed by atoms with Gasteiger partial charge in [-0.05, 0) is 34.5 Å². The molecule has 0 spiro atoms. The van der Waals surface area contributed by atoms with E-state index in [1.165, 1.54) is 7.11 Å². The summed E-state index contributed by atoms with van der Waals surface area (Å²) in [6.45, 7) is 1.74. The molecule has 0 aliphatic rings. The number of amides is 1. The standard InChI is InChI=1S/C7H7BrN2O.C4H8O3/c1-4-2-6(7(9)11)10-3-5(4)8;1-7-4(6)2-3-5/h2-3H,1H3,(H2,9,11);5H,2-3H2,1H3. The van der Waals surface area contributed by atoms with Crippen LogP contribution in [0.4, 0.5) is 0 Å². The molecule has 1 heterocycles. The fourth-order valence-corrected chi connectivity index (χ4v) is 1.08. The number of aromatic nitrogens is 1. The van der Waals surface area contributed by atoms with Gasteiger partial charge in [0.05, 0.1) is 20.1 Å². The number of esters is 1. The number of aryl methyl sites for hydroxylation is 1. The Labute approximate surface area is 113 Å². The van der Waals surface area contributed by atoms with Crippen molar-refractivity contribution in [1.82, 2.24) is 4.98 Å². The molecule has 0 radical (unpaired) electrons. The van der Waals surface area contributed by atoms with Crippen LogP contribution in [0.15, 0.2) is 16.7 Å². The number of nitrogens with zero attached hydrogens (tertiary/aromatic N) is 1. The Kier molecular flexibility index (Phi) is 7.89. The molecular weight excluding hydrogens is 304 g/mol. The van der Waals surface area contributed by atoms with Crippen LogP contribution in [0.25, 0.3) is 0 Å². The Hall–Kier alpha value is -1.47. The summed E-state index contributed by atoms with van der Waals surface area (Å²) < 4.78 is 5.07. The smallest absolute Gasteiger partial charge is 0.307 e. The predicted molar refractivity (Wildman–Crippen MR) is 68.9 cm³/mol. The largest absolute Gasteiger partial charge is 0.469 e. The minimum atomic E-state index is -0.499. The van der Waals surface area contributed by atoms with E-state index in [1.54, 1.807) is 12.3 Å². The van der Waals surface area contributed by atoms with E-state index in [1.807, 2.05) is 6.92 Å². The van der Waals surface area contributed by atoms with Gasteiger partial charge in [0.1, 0.15) is 5.69 Å². The van der Waals surface area contributed by atoms with Crippen LogP contribution in [0, 0.1) is 6.92 Å². The molecule has 0 unspecified atom stereocenters. The second-order valence-corrected chi connectivity index (χ2v) is 4.09. The topological polar surface area (TPSA) is 103 Å². The molecule has 18 heavy (non-hydrogen) atoms. The maximum Gasteiger partial charge on any atom is 0.307 e. The number of primary amides is 1. The number of aliphatic hydroxyl groups is 1. The number of aliphatic hydroxyl groups excluding tert-OH is 1. The molecule has 0 saturated carbocycles. The lowest BCUT2D eigenvalue weighted by Crippen LogP contribution is -2.12. The molecule has 1 aromatic rings. The first-order valence-corrected chi connectivity index (χ1v) is 5.81. The lowest BCUT2D eigenvalue weighted by Gasteiger charge is -1.98. The molecule has 100 valence electrons. The predicted octanol–water partition coefficient (Wildman–Crippen LogP) is 0.793. The van der Waals surface area contributed by atoms with Crippen molar-refractivity contribution in [3.8, 4) is 0 Å². The molecule has 0 bridgehead atoms. The van der Waals surface area contributed by atoms with Crippen LogP contribution in [0.3, 0.4) is 0 Å². The average Bonchev–Trinajstić information content (AvgIpc) is 2.33. The SMILES string of the molecule is COC(=O)CCO.Cc1cc(C(N)=O)ncc1Br. The van der Waals surface area contributed by atoms with E-state index >= 15 is 0 Å². The maximum atomic E-state index is 10.6. The Balaban J connectivity index is 0.000000360. The third-order valence-corrected chi connectivity index (χ3v) is 2.67. The molecule has 1 amide bonds. The highest BCUT2D eigenvalue weighted by molar-refractivity contribution is 9.10. The molecule has 0 fully saturated rings. The van der Waals surface area contributed by atoms with E-state index in [2.05, 4.69) is 25.7 Å². The molecule has 0 aliphatic heterocycles. The minimum Gasteiger partial charge on any atom is -0.469 e. The van der Waals surface area contributed by atoms with Crippen molar-refractivity contribution in [3.63, 3.8) is 0 Å². The molecule has 1 aromatic heterocycles. The van der Waals surface area contributed by atoms with Gasteiger partial charge in [-0.25, -0.2) is 4.98 Å². The molecular formula is C11H15BrN2O4. The summed E-state index contributed by atoms with van der Waals surface area (Å²) >= 11 is 3.26. The number of carbonyl (C=O) groups is 2. The van der Waals surface area contributed by atoms with Crippen molar-refractivity contribution in [2.45, 2.75) is 13.3 Å². The minimum absolute atomic E-state index is 0.0938. The highest BCUT2D eigenvalue weighted by Crippen LogP contribution is 2.14. The number of halogens is 1. The third-order valence-electron chi connectivity index (χ3n) is 1.84. The van der Waals surface area contributed by atoms with Crippen LogP contribution < -0.4 is 5.73 Å². The fourth-order valence-electron chi connectivity index (χ4n) is 0.867. The summed E-state index contributed by atoms with van der Waals surface area (Å²) in [7, 11) is 1.29. The van der Waals surface area contributed by atoms with Gasteiger partial charge in [0.15, 0.2) is 0 Å². The summed E-state index contributed by atoms with van der Waals surface area (Å²) in [5.41, 5.74) is 6.27. The van der Waals surface area contributed by atoms with Gasteiger partial charge in [0, 0.05) is 10.7 Å². The Morgan fingerprint density at radius 2 is 2.17 bits per heavy atom. The summed E-state index contributed by atoms with van der Waals surface area (Å²) in [6.07, 6.45) is 1.66. The van der Waals surface area contributed by atoms with Gasteiger partial charge in [-0.3, -0.25) is 9.59 Å². The summed E-state index contributed by atoms with van der Waals surface area (Å²) in [5, 5.41) is 8.07. The molecule has 6 nitrogen and oxygen atoms in total. The van der Waals surface area contributed by atoms with Crippen molar-refractivity contribution in [2.75, 3.05) is 13.7 Å². The molecule has 0 aliphatic carbocycles. The second-order valence-electron chi connectivity index (χ2n) is 3.23. The van der Waals surface area contributed by atoms with Gasteiger partial charge in [0.2, 0.25) is 0 Å². The maximum absolute atomic E-state index is 10.6. The lowest BCUT2D eigenvalue weighted by atomic mass is 10.2. The normalized spacial score (nSPS) is 9.11. The van der Waals surface area contributed by atoms with Gasteiger partial charge in [0.25, 0.3) is 5.91 Å². The third kappa shape index (κ3) is 6.31. The molecule has 3 N–H and O–H groups in total. The number of methoxy groups -OCH3 is 1. The van der Waals surface area contributed by atoms with Crippen LogP contribution >= 0.6 is 15.9 Å². The van der Waals surface area contributed by atoms with E-state index in [0.717, 1.165) is 10.0 Å². The first-order chi connectivity index (χ1) is 8.42. The summed E-state index contributed by atoms with van der Waals surface area (Å²) in [6, 6.07) is 1.65. The molecule has 7 heteroatoms. The average molecular weight is 319 g/mol. The number of nitrogens with two attached hydrogens (primary N) is 1. The second kappa shape index (κ2) is 8.60. The van der Waals surface area contributed by atoms with E-state index in [9.17, 15) is 9.59 Å². The van der Waals surface area contributed by atoms with E-state index in [4.69, 9.17) is 10.8 Å². The van der Waals surface area contributed by atoms with Crippen LogP contribution in [-0.2, 0) is 9.53 Å². The quantitative estimate of drug-likeness (QED) is 0.802. The Morgan fingerprint density at radius 1 is 1.56 bits per heavy atom. The van der Waals surface area contributed by atoms with Gasteiger partial charge < -0.3 is 15.6 Å². The number of hydrogen-bond donors (Lipinski definition) is 2. The van der Waals surface area contributed by atoms with Crippen molar-refractivity contribution in [1.29, 1.82) is 0 Å². The Morgan fingerprint density at radius 3 is 2.50 bits per heavy atom. The van der Waals surface area contributed by atoms with Gasteiger partial charge in [-0.2, -0.15) is 0 Å². The zero-order chi connectivity index (χ0) is 14.1. The van der Waals surface area contributed by atoms with Crippen LogP contribution in [0.2, 0.25) is 0 Å². The summed E-state index contributed by atoms with van der Waals surface area (Å²) in [5.74, 6) is -0.872.